The second-order valence-corrected chi connectivity index (χ2v) is 9.32. The summed E-state index contributed by atoms with van der Waals surface area (Å²) in [6.07, 6.45) is 2.65. The lowest BCUT2D eigenvalue weighted by atomic mass is 10.1. The zero-order valence-electron chi connectivity index (χ0n) is 16.4. The van der Waals surface area contributed by atoms with Gasteiger partial charge in [-0.2, -0.15) is 5.10 Å². The monoisotopic (exact) mass is 421 g/mol. The van der Waals surface area contributed by atoms with Crippen LogP contribution in [0.4, 0.5) is 4.39 Å². The molecular weight excluding hydrogens is 397 g/mol. The maximum atomic E-state index is 14.2. The largest absolute Gasteiger partial charge is 0.488 e. The van der Waals surface area contributed by atoms with Gasteiger partial charge < -0.3 is 15.4 Å². The molecule has 1 aromatic heterocycles. The van der Waals surface area contributed by atoms with Crippen LogP contribution in [0.5, 0.6) is 5.75 Å². The predicted octanol–water partition coefficient (Wildman–Crippen LogP) is 2.06. The molecule has 0 atom stereocenters. The van der Waals surface area contributed by atoms with Crippen LogP contribution < -0.4 is 10.5 Å². The zero-order valence-corrected chi connectivity index (χ0v) is 17.2. The molecule has 0 amide bonds. The van der Waals surface area contributed by atoms with E-state index in [1.165, 1.54) is 6.07 Å². The van der Waals surface area contributed by atoms with Crippen molar-refractivity contribution in [1.29, 1.82) is 0 Å². The number of sulfone groups is 1. The lowest BCUT2D eigenvalue weighted by molar-refractivity contribution is 0.231. The minimum Gasteiger partial charge on any atom is -0.488 e. The Balaban J connectivity index is 1.94. The number of nitrogens with zero attached hydrogens (tertiary/aromatic N) is 3. The molecule has 3 N–H and O–H groups in total. The molecule has 1 aliphatic rings. The molecule has 1 aromatic carbocycles. The molecule has 0 unspecified atom stereocenters. The minimum atomic E-state index is -3.02. The van der Waals surface area contributed by atoms with E-state index in [2.05, 4.69) is 21.8 Å². The summed E-state index contributed by atoms with van der Waals surface area (Å²) in [5.74, 6) is 0.248. The van der Waals surface area contributed by atoms with Crippen molar-refractivity contribution in [3.8, 4) is 5.75 Å². The number of aliphatic imine (C=N–C) groups is 1. The van der Waals surface area contributed by atoms with Crippen LogP contribution in [-0.4, -0.2) is 60.6 Å². The normalized spacial score (nSPS) is 17.4. The molecule has 1 fully saturated rings. The summed E-state index contributed by atoms with van der Waals surface area (Å²) >= 11 is 0. The average Bonchev–Trinajstić information content (AvgIpc) is 3.04. The van der Waals surface area contributed by atoms with Gasteiger partial charge in [0.05, 0.1) is 35.2 Å². The Morgan fingerprint density at radius 2 is 2.10 bits per heavy atom. The van der Waals surface area contributed by atoms with E-state index in [9.17, 15) is 12.8 Å². The molecule has 29 heavy (non-hydrogen) atoms. The Hall–Kier alpha value is -2.88. The number of benzene rings is 1. The molecule has 0 saturated carbocycles. The van der Waals surface area contributed by atoms with E-state index in [-0.39, 0.29) is 23.4 Å². The van der Waals surface area contributed by atoms with Crippen molar-refractivity contribution < 1.29 is 17.5 Å². The SMILES string of the molecule is C=C(/C=C(\N=C/N)N1CCS(=O)(=O)CC1)c1n[nH]c2cc(F)c(OC(C)C)cc12. The maximum absolute atomic E-state index is 14.2. The van der Waals surface area contributed by atoms with Gasteiger partial charge in [-0.1, -0.05) is 6.58 Å². The quantitative estimate of drug-likeness (QED) is 0.419. The first-order valence-electron chi connectivity index (χ1n) is 9.15. The molecule has 3 rings (SSSR count). The van der Waals surface area contributed by atoms with Gasteiger partial charge in [0.1, 0.15) is 5.82 Å². The van der Waals surface area contributed by atoms with Gasteiger partial charge in [-0.15, -0.1) is 0 Å². The molecule has 0 aliphatic carbocycles. The van der Waals surface area contributed by atoms with Gasteiger partial charge >= 0.3 is 0 Å². The third kappa shape index (κ3) is 4.76. The number of aromatic nitrogens is 2. The smallest absolute Gasteiger partial charge is 0.167 e. The summed E-state index contributed by atoms with van der Waals surface area (Å²) < 4.78 is 43.1. The molecule has 156 valence electrons. The van der Waals surface area contributed by atoms with E-state index >= 15 is 0 Å². The Kier molecular flexibility index (Phi) is 5.92. The summed E-state index contributed by atoms with van der Waals surface area (Å²) in [7, 11) is -3.02. The van der Waals surface area contributed by atoms with Gasteiger partial charge in [0.2, 0.25) is 0 Å². The average molecular weight is 421 g/mol. The fourth-order valence-electron chi connectivity index (χ4n) is 3.06. The van der Waals surface area contributed by atoms with E-state index in [0.29, 0.717) is 41.1 Å². The highest BCUT2D eigenvalue weighted by Crippen LogP contribution is 2.30. The van der Waals surface area contributed by atoms with Gasteiger partial charge in [0.25, 0.3) is 0 Å². The molecule has 0 spiro atoms. The molecule has 8 nitrogen and oxygen atoms in total. The number of aromatic amines is 1. The van der Waals surface area contributed by atoms with E-state index < -0.39 is 15.7 Å². The van der Waals surface area contributed by atoms with Crippen molar-refractivity contribution in [3.63, 3.8) is 0 Å². The van der Waals surface area contributed by atoms with E-state index in [4.69, 9.17) is 10.5 Å². The highest BCUT2D eigenvalue weighted by Gasteiger charge is 2.23. The maximum Gasteiger partial charge on any atom is 0.167 e. The zero-order chi connectivity index (χ0) is 21.2. The fraction of sp³-hybridized carbons (Fsp3) is 0.368. The first-order chi connectivity index (χ1) is 13.7. The summed E-state index contributed by atoms with van der Waals surface area (Å²) in [4.78, 5) is 5.99. The van der Waals surface area contributed by atoms with Crippen molar-refractivity contribution in [2.24, 2.45) is 10.7 Å². The van der Waals surface area contributed by atoms with E-state index in [1.54, 1.807) is 12.1 Å². The third-order valence-electron chi connectivity index (χ3n) is 4.46. The van der Waals surface area contributed by atoms with Crippen molar-refractivity contribution >= 4 is 32.7 Å². The number of allylic oxidation sites excluding steroid dienone is 2. The molecule has 10 heteroatoms. The van der Waals surface area contributed by atoms with Gasteiger partial charge in [-0.05, 0) is 31.6 Å². The van der Waals surface area contributed by atoms with Gasteiger partial charge in [0.15, 0.2) is 21.4 Å². The van der Waals surface area contributed by atoms with Crippen LogP contribution in [-0.2, 0) is 9.84 Å². The summed E-state index contributed by atoms with van der Waals surface area (Å²) in [6, 6.07) is 2.91. The molecule has 2 heterocycles. The summed E-state index contributed by atoms with van der Waals surface area (Å²) in [5, 5.41) is 7.70. The highest BCUT2D eigenvalue weighted by molar-refractivity contribution is 7.91. The summed E-state index contributed by atoms with van der Waals surface area (Å²) in [5.41, 5.74) is 7.02. The summed E-state index contributed by atoms with van der Waals surface area (Å²) in [6.45, 7) is 8.32. The predicted molar refractivity (Wildman–Crippen MR) is 112 cm³/mol. The number of rotatable bonds is 6. The molecule has 1 saturated heterocycles. The highest BCUT2D eigenvalue weighted by atomic mass is 32.2. The Labute approximate surface area is 168 Å². The van der Waals surface area contributed by atoms with E-state index in [1.807, 2.05) is 18.7 Å². The molecule has 0 radical (unpaired) electrons. The topological polar surface area (TPSA) is 114 Å². The second kappa shape index (κ2) is 8.24. The van der Waals surface area contributed by atoms with Crippen molar-refractivity contribution in [1.82, 2.24) is 15.1 Å². The minimum absolute atomic E-state index is 0.0530. The number of hydrogen-bond acceptors (Lipinski definition) is 6. The lowest BCUT2D eigenvalue weighted by Gasteiger charge is -2.28. The van der Waals surface area contributed by atoms with Gasteiger partial charge in [0, 0.05) is 24.5 Å². The van der Waals surface area contributed by atoms with Crippen LogP contribution in [0.1, 0.15) is 19.5 Å². The Bertz CT molecular complexity index is 1070. The molecular formula is C19H24FN5O3S. The molecule has 0 bridgehead atoms. The van der Waals surface area contributed by atoms with Crippen molar-refractivity contribution in [3.05, 3.63) is 42.1 Å². The molecule has 2 aromatic rings. The van der Waals surface area contributed by atoms with Crippen LogP contribution in [0.3, 0.4) is 0 Å². The fourth-order valence-corrected chi connectivity index (χ4v) is 4.26. The van der Waals surface area contributed by atoms with Crippen LogP contribution in [0.25, 0.3) is 16.5 Å². The first kappa shape index (κ1) is 20.8. The van der Waals surface area contributed by atoms with Crippen molar-refractivity contribution in [2.45, 2.75) is 20.0 Å². The number of H-pyrrole nitrogens is 1. The van der Waals surface area contributed by atoms with Crippen LogP contribution in [0, 0.1) is 5.82 Å². The Morgan fingerprint density at radius 1 is 1.41 bits per heavy atom. The van der Waals surface area contributed by atoms with Crippen LogP contribution >= 0.6 is 0 Å². The number of hydrogen-bond donors (Lipinski definition) is 2. The first-order valence-corrected chi connectivity index (χ1v) is 11.0. The Morgan fingerprint density at radius 3 is 2.72 bits per heavy atom. The van der Waals surface area contributed by atoms with Crippen molar-refractivity contribution in [2.75, 3.05) is 24.6 Å². The van der Waals surface area contributed by atoms with Gasteiger partial charge in [-0.25, -0.2) is 17.8 Å². The third-order valence-corrected chi connectivity index (χ3v) is 6.07. The van der Waals surface area contributed by atoms with E-state index in [0.717, 1.165) is 6.34 Å². The number of halogens is 1. The van der Waals surface area contributed by atoms with Crippen LogP contribution in [0.2, 0.25) is 0 Å². The number of nitrogens with two attached hydrogens (primary N) is 1. The molecule has 1 aliphatic heterocycles. The lowest BCUT2D eigenvalue weighted by Crippen LogP contribution is -2.39. The van der Waals surface area contributed by atoms with Gasteiger partial charge in [-0.3, -0.25) is 5.10 Å². The second-order valence-electron chi connectivity index (χ2n) is 7.01. The number of nitrogens with one attached hydrogen (secondary N) is 1. The van der Waals surface area contributed by atoms with Crippen LogP contribution in [0.15, 0.2) is 35.6 Å². The number of fused-ring (bicyclic) bond motifs is 1. The number of ether oxygens (including phenoxy) is 1. The standard InChI is InChI=1S/C19H24FN5O3S/c1-12(2)28-17-9-14-16(10-15(17)20)23-24-19(14)13(3)8-18(22-11-21)25-4-6-29(26,27)7-5-25/h8-12H,3-7H2,1-2H3,(H2,21,22)(H,23,24)/b18-8+.